The summed E-state index contributed by atoms with van der Waals surface area (Å²) in [6, 6.07) is 12.4. The second-order valence-corrected chi connectivity index (χ2v) is 6.43. The molecule has 0 aliphatic heterocycles. The van der Waals surface area contributed by atoms with Gasteiger partial charge in [-0.3, -0.25) is 14.4 Å². The van der Waals surface area contributed by atoms with E-state index in [0.717, 1.165) is 16.8 Å². The molecule has 0 aliphatic rings. The van der Waals surface area contributed by atoms with Crippen LogP contribution in [0.15, 0.2) is 42.5 Å². The van der Waals surface area contributed by atoms with Crippen LogP contribution in [0.5, 0.6) is 0 Å². The van der Waals surface area contributed by atoms with Gasteiger partial charge in [0.2, 0.25) is 11.8 Å². The number of nitrogens with one attached hydrogen (secondary N) is 3. The first kappa shape index (κ1) is 20.2. The Balaban J connectivity index is 2.06. The van der Waals surface area contributed by atoms with Gasteiger partial charge in [0.25, 0.3) is 5.91 Å². The highest BCUT2D eigenvalue weighted by molar-refractivity contribution is 5.97. The van der Waals surface area contributed by atoms with Crippen LogP contribution in [0.4, 0.5) is 11.4 Å². The molecule has 27 heavy (non-hydrogen) atoms. The third kappa shape index (κ3) is 5.67. The van der Waals surface area contributed by atoms with Gasteiger partial charge in [0, 0.05) is 30.3 Å². The number of aryl methyl sites for hydroxylation is 1. The lowest BCUT2D eigenvalue weighted by molar-refractivity contribution is -0.116. The van der Waals surface area contributed by atoms with E-state index >= 15 is 0 Å². The molecule has 3 N–H and O–H groups in total. The third-order valence-electron chi connectivity index (χ3n) is 4.17. The van der Waals surface area contributed by atoms with Crippen molar-refractivity contribution in [2.45, 2.75) is 40.2 Å². The molecule has 1 unspecified atom stereocenters. The highest BCUT2D eigenvalue weighted by atomic mass is 16.2. The molecule has 0 heterocycles. The lowest BCUT2D eigenvalue weighted by Crippen LogP contribution is -2.26. The third-order valence-corrected chi connectivity index (χ3v) is 4.17. The van der Waals surface area contributed by atoms with Gasteiger partial charge in [0.15, 0.2) is 0 Å². The zero-order valence-corrected chi connectivity index (χ0v) is 16.1. The number of hydrogen-bond donors (Lipinski definition) is 3. The summed E-state index contributed by atoms with van der Waals surface area (Å²) in [5.41, 5.74) is 3.64. The van der Waals surface area contributed by atoms with Crippen LogP contribution in [-0.4, -0.2) is 17.7 Å². The quantitative estimate of drug-likeness (QED) is 0.726. The Morgan fingerprint density at radius 1 is 1.00 bits per heavy atom. The molecule has 0 aromatic heterocycles. The maximum absolute atomic E-state index is 12.5. The van der Waals surface area contributed by atoms with Gasteiger partial charge in [-0.25, -0.2) is 0 Å². The fourth-order valence-corrected chi connectivity index (χ4v) is 2.56. The molecular formula is C21H25N3O3. The van der Waals surface area contributed by atoms with Crippen LogP contribution in [-0.2, 0) is 9.59 Å². The van der Waals surface area contributed by atoms with Crippen LogP contribution in [0, 0.1) is 6.92 Å². The average molecular weight is 367 g/mol. The molecule has 1 atom stereocenters. The van der Waals surface area contributed by atoms with Gasteiger partial charge in [-0.2, -0.15) is 0 Å². The van der Waals surface area contributed by atoms with E-state index in [0.29, 0.717) is 17.7 Å². The van der Waals surface area contributed by atoms with Crippen molar-refractivity contribution >= 4 is 29.1 Å². The van der Waals surface area contributed by atoms with Crippen LogP contribution in [0.1, 0.15) is 54.7 Å². The van der Waals surface area contributed by atoms with Crippen molar-refractivity contribution < 1.29 is 14.4 Å². The number of carbonyl (C=O) groups is 3. The van der Waals surface area contributed by atoms with Crippen LogP contribution in [0.3, 0.4) is 0 Å². The number of hydrogen-bond acceptors (Lipinski definition) is 3. The summed E-state index contributed by atoms with van der Waals surface area (Å²) >= 11 is 0. The summed E-state index contributed by atoms with van der Waals surface area (Å²) in [6.07, 6.45) is 0.422. The van der Waals surface area contributed by atoms with Gasteiger partial charge in [-0.1, -0.05) is 25.1 Å². The predicted molar refractivity (Wildman–Crippen MR) is 107 cm³/mol. The van der Waals surface area contributed by atoms with Crippen molar-refractivity contribution in [1.29, 1.82) is 0 Å². The van der Waals surface area contributed by atoms with Crippen LogP contribution >= 0.6 is 0 Å². The maximum Gasteiger partial charge on any atom is 0.251 e. The molecule has 6 nitrogen and oxygen atoms in total. The molecule has 3 amide bonds. The molecule has 2 aromatic carbocycles. The van der Waals surface area contributed by atoms with E-state index in [1.807, 2.05) is 38.1 Å². The highest BCUT2D eigenvalue weighted by Crippen LogP contribution is 2.19. The lowest BCUT2D eigenvalue weighted by Gasteiger charge is -2.16. The first-order valence-corrected chi connectivity index (χ1v) is 8.89. The van der Waals surface area contributed by atoms with Gasteiger partial charge in [-0.05, 0) is 49.2 Å². The van der Waals surface area contributed by atoms with Crippen molar-refractivity contribution in [2.24, 2.45) is 0 Å². The molecule has 0 aliphatic carbocycles. The van der Waals surface area contributed by atoms with Crippen molar-refractivity contribution in [3.63, 3.8) is 0 Å². The van der Waals surface area contributed by atoms with Gasteiger partial charge in [0.1, 0.15) is 0 Å². The van der Waals surface area contributed by atoms with Crippen molar-refractivity contribution in [2.75, 3.05) is 10.6 Å². The first-order chi connectivity index (χ1) is 12.8. The molecule has 142 valence electrons. The molecule has 6 heteroatoms. The Labute approximate surface area is 159 Å². The standard InChI is InChI=1S/C21H25N3O3/c1-5-20(26)24-18-10-8-16(9-11-18)14(3)22-21(27)17-7-6-13(2)19(12-17)23-15(4)25/h6-12,14H,5H2,1-4H3,(H,22,27)(H,23,25)(H,24,26). The van der Waals surface area contributed by atoms with E-state index in [2.05, 4.69) is 16.0 Å². The Hall–Kier alpha value is -3.15. The Morgan fingerprint density at radius 2 is 1.67 bits per heavy atom. The van der Waals surface area contributed by atoms with Crippen LogP contribution in [0.2, 0.25) is 0 Å². The van der Waals surface area contributed by atoms with E-state index in [1.165, 1.54) is 6.92 Å². The Kier molecular flexibility index (Phi) is 6.71. The van der Waals surface area contributed by atoms with Crippen molar-refractivity contribution in [3.8, 4) is 0 Å². The fourth-order valence-electron chi connectivity index (χ4n) is 2.56. The summed E-state index contributed by atoms with van der Waals surface area (Å²) in [4.78, 5) is 35.3. The molecule has 2 aromatic rings. The molecule has 2 rings (SSSR count). The minimum Gasteiger partial charge on any atom is -0.346 e. The summed E-state index contributed by atoms with van der Waals surface area (Å²) < 4.78 is 0. The topological polar surface area (TPSA) is 87.3 Å². The van der Waals surface area contributed by atoms with E-state index < -0.39 is 0 Å². The second kappa shape index (κ2) is 8.98. The zero-order valence-electron chi connectivity index (χ0n) is 16.1. The molecule has 0 spiro atoms. The predicted octanol–water partition coefficient (Wildman–Crippen LogP) is 3.79. The van der Waals surface area contributed by atoms with E-state index in [1.54, 1.807) is 25.1 Å². The van der Waals surface area contributed by atoms with Crippen molar-refractivity contribution in [3.05, 3.63) is 59.2 Å². The average Bonchev–Trinajstić information content (AvgIpc) is 2.63. The van der Waals surface area contributed by atoms with Gasteiger partial charge in [-0.15, -0.1) is 0 Å². The van der Waals surface area contributed by atoms with Gasteiger partial charge in [0.05, 0.1) is 6.04 Å². The molecule has 0 bridgehead atoms. The number of benzene rings is 2. The van der Waals surface area contributed by atoms with Gasteiger partial charge >= 0.3 is 0 Å². The van der Waals surface area contributed by atoms with Crippen molar-refractivity contribution in [1.82, 2.24) is 5.32 Å². The molecular weight excluding hydrogens is 342 g/mol. The molecule has 0 saturated heterocycles. The molecule has 0 saturated carbocycles. The number of amides is 3. The molecule has 0 fully saturated rings. The Bertz CT molecular complexity index is 844. The normalized spacial score (nSPS) is 11.4. The minimum absolute atomic E-state index is 0.0431. The zero-order chi connectivity index (χ0) is 20.0. The number of rotatable bonds is 6. The maximum atomic E-state index is 12.5. The number of anilines is 2. The number of carbonyl (C=O) groups excluding carboxylic acids is 3. The van der Waals surface area contributed by atoms with E-state index in [9.17, 15) is 14.4 Å². The van der Waals surface area contributed by atoms with Gasteiger partial charge < -0.3 is 16.0 Å². The molecule has 0 radical (unpaired) electrons. The second-order valence-electron chi connectivity index (χ2n) is 6.43. The summed E-state index contributed by atoms with van der Waals surface area (Å²) in [5, 5.41) is 8.46. The van der Waals surface area contributed by atoms with E-state index in [4.69, 9.17) is 0 Å². The lowest BCUT2D eigenvalue weighted by atomic mass is 10.1. The highest BCUT2D eigenvalue weighted by Gasteiger charge is 2.13. The Morgan fingerprint density at radius 3 is 2.26 bits per heavy atom. The summed E-state index contributed by atoms with van der Waals surface area (Å²) in [6.45, 7) is 6.99. The fraction of sp³-hybridized carbons (Fsp3) is 0.286. The smallest absolute Gasteiger partial charge is 0.251 e. The van der Waals surface area contributed by atoms with Crippen LogP contribution in [0.25, 0.3) is 0 Å². The van der Waals surface area contributed by atoms with Crippen LogP contribution < -0.4 is 16.0 Å². The SMILES string of the molecule is CCC(=O)Nc1ccc(C(C)NC(=O)c2ccc(C)c(NC(C)=O)c2)cc1. The van der Waals surface area contributed by atoms with E-state index in [-0.39, 0.29) is 23.8 Å². The summed E-state index contributed by atoms with van der Waals surface area (Å²) in [7, 11) is 0. The monoisotopic (exact) mass is 367 g/mol. The minimum atomic E-state index is -0.225. The first-order valence-electron chi connectivity index (χ1n) is 8.89. The summed E-state index contributed by atoms with van der Waals surface area (Å²) in [5.74, 6) is -0.449. The largest absolute Gasteiger partial charge is 0.346 e.